The van der Waals surface area contributed by atoms with Crippen molar-refractivity contribution in [3.8, 4) is 0 Å². The minimum absolute atomic E-state index is 0.500. The van der Waals surface area contributed by atoms with Crippen molar-refractivity contribution in [2.45, 2.75) is 57.4 Å². The maximum atomic E-state index is 4.65. The van der Waals surface area contributed by atoms with Crippen LogP contribution in [-0.4, -0.2) is 22.5 Å². The summed E-state index contributed by atoms with van der Waals surface area (Å²) in [6.45, 7) is 6.78. The maximum absolute atomic E-state index is 4.65. The fourth-order valence-electron chi connectivity index (χ4n) is 1.98. The number of rotatable bonds is 2. The average Bonchev–Trinajstić information content (AvgIpc) is 2.82. The summed E-state index contributed by atoms with van der Waals surface area (Å²) < 4.78 is 0. The molecule has 1 saturated carbocycles. The molecule has 1 N–H and O–H groups in total. The van der Waals surface area contributed by atoms with Gasteiger partial charge in [0.2, 0.25) is 0 Å². The Bertz CT molecular complexity index is 235. The summed E-state index contributed by atoms with van der Waals surface area (Å²) in [5.41, 5.74) is 0. The third-order valence-corrected chi connectivity index (χ3v) is 4.05. The largest absolute Gasteiger partial charge is 0.362 e. The molecule has 14 heavy (non-hydrogen) atoms. The van der Waals surface area contributed by atoms with Crippen molar-refractivity contribution in [1.82, 2.24) is 5.32 Å². The molecule has 3 heteroatoms. The zero-order chi connectivity index (χ0) is 10.1. The Balaban J connectivity index is 1.89. The second kappa shape index (κ2) is 4.13. The van der Waals surface area contributed by atoms with E-state index < -0.39 is 0 Å². The molecule has 0 aromatic heterocycles. The van der Waals surface area contributed by atoms with Crippen molar-refractivity contribution >= 4 is 16.9 Å². The van der Waals surface area contributed by atoms with Gasteiger partial charge in [0.05, 0.1) is 6.04 Å². The molecule has 1 aliphatic carbocycles. The van der Waals surface area contributed by atoms with Crippen molar-refractivity contribution in [2.75, 3.05) is 0 Å². The first-order valence-corrected chi connectivity index (χ1v) is 6.54. The number of hydrogen-bond acceptors (Lipinski definition) is 3. The molecule has 3 unspecified atom stereocenters. The third-order valence-electron chi connectivity index (χ3n) is 3.00. The first-order chi connectivity index (χ1) is 6.65. The van der Waals surface area contributed by atoms with Crippen LogP contribution >= 0.6 is 11.8 Å². The maximum Gasteiger partial charge on any atom is 0.157 e. The van der Waals surface area contributed by atoms with Crippen LogP contribution in [0.2, 0.25) is 0 Å². The van der Waals surface area contributed by atoms with E-state index in [2.05, 4.69) is 31.1 Å². The number of amidine groups is 1. The third kappa shape index (κ3) is 2.66. The number of nitrogens with one attached hydrogen (secondary N) is 1. The second-order valence-corrected chi connectivity index (χ2v) is 6.15. The summed E-state index contributed by atoms with van der Waals surface area (Å²) in [5.74, 6) is 0.908. The molecule has 2 rings (SSSR count). The molecule has 1 heterocycles. The summed E-state index contributed by atoms with van der Waals surface area (Å²) in [6, 6.07) is 1.12. The van der Waals surface area contributed by atoms with Gasteiger partial charge in [0.25, 0.3) is 0 Å². The zero-order valence-electron chi connectivity index (χ0n) is 9.29. The summed E-state index contributed by atoms with van der Waals surface area (Å²) in [5, 5.41) is 5.45. The van der Waals surface area contributed by atoms with Crippen LogP contribution in [0.15, 0.2) is 4.99 Å². The minimum atomic E-state index is 0.500. The molecule has 0 saturated heterocycles. The Labute approximate surface area is 90.9 Å². The lowest BCUT2D eigenvalue weighted by Gasteiger charge is -2.25. The van der Waals surface area contributed by atoms with E-state index in [9.17, 15) is 0 Å². The normalized spacial score (nSPS) is 34.9. The number of hydrogen-bond donors (Lipinski definition) is 1. The van der Waals surface area contributed by atoms with Crippen molar-refractivity contribution < 1.29 is 0 Å². The van der Waals surface area contributed by atoms with E-state index in [1.807, 2.05) is 11.8 Å². The van der Waals surface area contributed by atoms with Crippen LogP contribution in [0.5, 0.6) is 0 Å². The van der Waals surface area contributed by atoms with Crippen LogP contribution < -0.4 is 5.32 Å². The summed E-state index contributed by atoms with van der Waals surface area (Å²) in [7, 11) is 0. The molecule has 80 valence electrons. The fourth-order valence-corrected chi connectivity index (χ4v) is 3.23. The molecule has 3 atom stereocenters. The highest BCUT2D eigenvalue weighted by molar-refractivity contribution is 8.14. The standard InChI is InChI=1S/C11H20N2S/c1-7-6-8(2)14-11(12-7)13-9(3)10-4-5-10/h7-10H,4-6H2,1-3H3,(H,12,13). The molecule has 1 fully saturated rings. The van der Waals surface area contributed by atoms with Gasteiger partial charge in [-0.25, -0.2) is 0 Å². The zero-order valence-corrected chi connectivity index (χ0v) is 10.1. The SMILES string of the molecule is CC1CC(C)SC(NC(C)C2CC2)=N1. The van der Waals surface area contributed by atoms with E-state index in [0.29, 0.717) is 12.1 Å². The smallest absolute Gasteiger partial charge is 0.157 e. The Hall–Kier alpha value is -0.180. The second-order valence-electron chi connectivity index (χ2n) is 4.72. The highest BCUT2D eigenvalue weighted by Crippen LogP contribution is 2.33. The van der Waals surface area contributed by atoms with Gasteiger partial charge in [0.15, 0.2) is 5.17 Å². The Morgan fingerprint density at radius 3 is 2.71 bits per heavy atom. The molecule has 0 amide bonds. The van der Waals surface area contributed by atoms with Gasteiger partial charge in [-0.2, -0.15) is 0 Å². The first kappa shape index (κ1) is 10.3. The van der Waals surface area contributed by atoms with Gasteiger partial charge >= 0.3 is 0 Å². The fraction of sp³-hybridized carbons (Fsp3) is 0.909. The Morgan fingerprint density at radius 1 is 1.43 bits per heavy atom. The van der Waals surface area contributed by atoms with Crippen LogP contribution in [0.3, 0.4) is 0 Å². The van der Waals surface area contributed by atoms with Gasteiger partial charge in [-0.05, 0) is 39.0 Å². The van der Waals surface area contributed by atoms with Crippen LogP contribution in [-0.2, 0) is 0 Å². The monoisotopic (exact) mass is 212 g/mol. The van der Waals surface area contributed by atoms with E-state index in [4.69, 9.17) is 0 Å². The average molecular weight is 212 g/mol. The molecule has 0 spiro atoms. The van der Waals surface area contributed by atoms with Gasteiger partial charge in [0.1, 0.15) is 0 Å². The van der Waals surface area contributed by atoms with Crippen LogP contribution in [0.25, 0.3) is 0 Å². The molecule has 2 aliphatic rings. The molecular formula is C11H20N2S. The van der Waals surface area contributed by atoms with E-state index in [-0.39, 0.29) is 0 Å². The molecule has 0 aromatic rings. The van der Waals surface area contributed by atoms with E-state index >= 15 is 0 Å². The predicted octanol–water partition coefficient (Wildman–Crippen LogP) is 2.64. The van der Waals surface area contributed by atoms with Gasteiger partial charge < -0.3 is 5.32 Å². The lowest BCUT2D eigenvalue weighted by molar-refractivity contribution is 0.581. The van der Waals surface area contributed by atoms with Crippen LogP contribution in [0.1, 0.15) is 40.0 Å². The lowest BCUT2D eigenvalue weighted by Crippen LogP contribution is -2.36. The van der Waals surface area contributed by atoms with Crippen molar-refractivity contribution in [3.63, 3.8) is 0 Å². The Kier molecular flexibility index (Phi) is 3.05. The lowest BCUT2D eigenvalue weighted by atomic mass is 10.2. The molecular weight excluding hydrogens is 192 g/mol. The summed E-state index contributed by atoms with van der Waals surface area (Å²) >= 11 is 1.90. The summed E-state index contributed by atoms with van der Waals surface area (Å²) in [4.78, 5) is 4.65. The molecule has 0 bridgehead atoms. The van der Waals surface area contributed by atoms with Gasteiger partial charge in [0, 0.05) is 11.3 Å². The number of thioether (sulfide) groups is 1. The highest BCUT2D eigenvalue weighted by Gasteiger charge is 2.29. The van der Waals surface area contributed by atoms with E-state index in [0.717, 1.165) is 11.2 Å². The van der Waals surface area contributed by atoms with E-state index in [1.54, 1.807) is 0 Å². The quantitative estimate of drug-likeness (QED) is 0.761. The minimum Gasteiger partial charge on any atom is -0.362 e. The van der Waals surface area contributed by atoms with Crippen molar-refractivity contribution in [2.24, 2.45) is 10.9 Å². The van der Waals surface area contributed by atoms with Gasteiger partial charge in [-0.15, -0.1) is 0 Å². The van der Waals surface area contributed by atoms with Crippen LogP contribution in [0, 0.1) is 5.92 Å². The van der Waals surface area contributed by atoms with Crippen LogP contribution in [0.4, 0.5) is 0 Å². The molecule has 2 nitrogen and oxygen atoms in total. The number of aliphatic imine (C=N–C) groups is 1. The van der Waals surface area contributed by atoms with Crippen molar-refractivity contribution in [3.05, 3.63) is 0 Å². The first-order valence-electron chi connectivity index (χ1n) is 5.66. The highest BCUT2D eigenvalue weighted by atomic mass is 32.2. The topological polar surface area (TPSA) is 24.4 Å². The molecule has 1 aliphatic heterocycles. The van der Waals surface area contributed by atoms with Gasteiger partial charge in [-0.1, -0.05) is 18.7 Å². The predicted molar refractivity (Wildman–Crippen MR) is 63.9 cm³/mol. The Morgan fingerprint density at radius 2 is 2.14 bits per heavy atom. The molecule has 0 radical (unpaired) electrons. The number of nitrogens with zero attached hydrogens (tertiary/aromatic N) is 1. The van der Waals surface area contributed by atoms with Crippen molar-refractivity contribution in [1.29, 1.82) is 0 Å². The molecule has 0 aromatic carbocycles. The van der Waals surface area contributed by atoms with E-state index in [1.165, 1.54) is 24.4 Å². The summed E-state index contributed by atoms with van der Waals surface area (Å²) in [6.07, 6.45) is 4.02. The van der Waals surface area contributed by atoms with Gasteiger partial charge in [-0.3, -0.25) is 4.99 Å².